The standard InChI is InChI=1S/C17H17N5O2/c1-10(2)22-17-14(8-19-22)13(9-23)6-15(21-17)12-4-5-16(18-7-12)20-11(3)24/h4-10H,1-3H3,(H,18,20,24). The Labute approximate surface area is 138 Å². The van der Waals surface area contributed by atoms with Gasteiger partial charge in [0.05, 0.1) is 11.9 Å². The fourth-order valence-electron chi connectivity index (χ4n) is 2.47. The Balaban J connectivity index is 2.10. The van der Waals surface area contributed by atoms with Gasteiger partial charge in [-0.1, -0.05) is 0 Å². The molecule has 7 nitrogen and oxygen atoms in total. The molecule has 7 heteroatoms. The lowest BCUT2D eigenvalue weighted by Crippen LogP contribution is -2.07. The lowest BCUT2D eigenvalue weighted by atomic mass is 10.1. The van der Waals surface area contributed by atoms with E-state index in [1.165, 1.54) is 6.92 Å². The number of hydrogen-bond acceptors (Lipinski definition) is 5. The van der Waals surface area contributed by atoms with Crippen molar-refractivity contribution in [2.75, 3.05) is 5.32 Å². The zero-order valence-electron chi connectivity index (χ0n) is 13.6. The molecule has 0 saturated heterocycles. The summed E-state index contributed by atoms with van der Waals surface area (Å²) in [7, 11) is 0. The second kappa shape index (κ2) is 6.19. The van der Waals surface area contributed by atoms with Crippen molar-refractivity contribution in [1.82, 2.24) is 19.7 Å². The van der Waals surface area contributed by atoms with Gasteiger partial charge in [-0.2, -0.15) is 5.10 Å². The second-order valence-electron chi connectivity index (χ2n) is 5.75. The van der Waals surface area contributed by atoms with Crippen LogP contribution in [-0.4, -0.2) is 31.9 Å². The number of amides is 1. The second-order valence-corrected chi connectivity index (χ2v) is 5.75. The van der Waals surface area contributed by atoms with Crippen LogP contribution in [0.2, 0.25) is 0 Å². The van der Waals surface area contributed by atoms with Crippen molar-refractivity contribution >= 4 is 29.0 Å². The lowest BCUT2D eigenvalue weighted by Gasteiger charge is -2.09. The summed E-state index contributed by atoms with van der Waals surface area (Å²) >= 11 is 0. The van der Waals surface area contributed by atoms with Crippen LogP contribution in [0.15, 0.2) is 30.6 Å². The zero-order chi connectivity index (χ0) is 17.3. The molecule has 0 atom stereocenters. The van der Waals surface area contributed by atoms with E-state index >= 15 is 0 Å². The van der Waals surface area contributed by atoms with Crippen molar-refractivity contribution in [3.05, 3.63) is 36.2 Å². The van der Waals surface area contributed by atoms with Gasteiger partial charge in [0, 0.05) is 35.7 Å². The molecule has 1 amide bonds. The molecule has 0 bridgehead atoms. The van der Waals surface area contributed by atoms with Crippen molar-refractivity contribution in [1.29, 1.82) is 0 Å². The molecule has 3 aromatic heterocycles. The minimum absolute atomic E-state index is 0.130. The normalized spacial score (nSPS) is 11.0. The van der Waals surface area contributed by atoms with Crippen LogP contribution in [0.1, 0.15) is 37.2 Å². The van der Waals surface area contributed by atoms with E-state index in [0.717, 1.165) is 17.2 Å². The predicted molar refractivity (Wildman–Crippen MR) is 90.8 cm³/mol. The van der Waals surface area contributed by atoms with Gasteiger partial charge in [0.2, 0.25) is 5.91 Å². The molecule has 24 heavy (non-hydrogen) atoms. The molecule has 1 N–H and O–H groups in total. The highest BCUT2D eigenvalue weighted by atomic mass is 16.1. The Morgan fingerprint density at radius 1 is 1.29 bits per heavy atom. The highest BCUT2D eigenvalue weighted by molar-refractivity contribution is 5.96. The fourth-order valence-corrected chi connectivity index (χ4v) is 2.47. The minimum atomic E-state index is -0.182. The number of carbonyl (C=O) groups excluding carboxylic acids is 2. The van der Waals surface area contributed by atoms with Gasteiger partial charge in [-0.25, -0.2) is 14.6 Å². The van der Waals surface area contributed by atoms with E-state index in [2.05, 4.69) is 20.4 Å². The third-order valence-electron chi connectivity index (χ3n) is 3.58. The van der Waals surface area contributed by atoms with Crippen LogP contribution >= 0.6 is 0 Å². The van der Waals surface area contributed by atoms with Gasteiger partial charge in [-0.3, -0.25) is 9.59 Å². The van der Waals surface area contributed by atoms with Gasteiger partial charge in [-0.15, -0.1) is 0 Å². The Kier molecular flexibility index (Phi) is 4.07. The third kappa shape index (κ3) is 2.88. The Bertz CT molecular complexity index is 913. The van der Waals surface area contributed by atoms with E-state index in [1.807, 2.05) is 13.8 Å². The summed E-state index contributed by atoms with van der Waals surface area (Å²) in [5.41, 5.74) is 2.59. The first-order valence-electron chi connectivity index (χ1n) is 7.57. The molecule has 0 radical (unpaired) electrons. The molecule has 0 unspecified atom stereocenters. The molecular weight excluding hydrogens is 306 g/mol. The van der Waals surface area contributed by atoms with Crippen LogP contribution in [0, 0.1) is 0 Å². The monoisotopic (exact) mass is 323 g/mol. The lowest BCUT2D eigenvalue weighted by molar-refractivity contribution is -0.114. The van der Waals surface area contributed by atoms with E-state index in [1.54, 1.807) is 35.3 Å². The third-order valence-corrected chi connectivity index (χ3v) is 3.58. The first kappa shape index (κ1) is 15.8. The van der Waals surface area contributed by atoms with Gasteiger partial charge in [0.15, 0.2) is 11.9 Å². The minimum Gasteiger partial charge on any atom is -0.311 e. The molecule has 3 heterocycles. The van der Waals surface area contributed by atoms with E-state index in [4.69, 9.17) is 0 Å². The molecule has 0 aromatic carbocycles. The quantitative estimate of drug-likeness (QED) is 0.746. The van der Waals surface area contributed by atoms with E-state index < -0.39 is 0 Å². The largest absolute Gasteiger partial charge is 0.311 e. The molecule has 0 saturated carbocycles. The zero-order valence-corrected chi connectivity index (χ0v) is 13.6. The van der Waals surface area contributed by atoms with Gasteiger partial charge < -0.3 is 5.32 Å². The van der Waals surface area contributed by atoms with Gasteiger partial charge in [0.25, 0.3) is 0 Å². The Morgan fingerprint density at radius 3 is 2.67 bits per heavy atom. The molecule has 0 aliphatic carbocycles. The number of nitrogens with zero attached hydrogens (tertiary/aromatic N) is 4. The molecule has 3 rings (SSSR count). The predicted octanol–water partition coefficient (Wildman–Crippen LogP) is 2.85. The van der Waals surface area contributed by atoms with Crippen LogP contribution in [0.4, 0.5) is 5.82 Å². The molecule has 122 valence electrons. The first-order chi connectivity index (χ1) is 11.5. The van der Waals surface area contributed by atoms with Gasteiger partial charge >= 0.3 is 0 Å². The van der Waals surface area contributed by atoms with Crippen molar-refractivity contribution in [2.45, 2.75) is 26.8 Å². The summed E-state index contributed by atoms with van der Waals surface area (Å²) in [6.07, 6.45) is 4.08. The molecule has 3 aromatic rings. The average Bonchev–Trinajstić information content (AvgIpc) is 2.98. The summed E-state index contributed by atoms with van der Waals surface area (Å²) in [5, 5.41) is 7.66. The summed E-state index contributed by atoms with van der Waals surface area (Å²) < 4.78 is 1.78. The van der Waals surface area contributed by atoms with Crippen LogP contribution in [0.3, 0.4) is 0 Å². The van der Waals surface area contributed by atoms with Gasteiger partial charge in [0.1, 0.15) is 5.82 Å². The number of aromatic nitrogens is 4. The molecule has 0 aliphatic heterocycles. The molecular formula is C17H17N5O2. The summed E-state index contributed by atoms with van der Waals surface area (Å²) in [4.78, 5) is 31.3. The van der Waals surface area contributed by atoms with Crippen molar-refractivity contribution < 1.29 is 9.59 Å². The van der Waals surface area contributed by atoms with E-state index in [9.17, 15) is 9.59 Å². The van der Waals surface area contributed by atoms with Crippen LogP contribution in [0.5, 0.6) is 0 Å². The summed E-state index contributed by atoms with van der Waals surface area (Å²) in [5.74, 6) is 0.286. The number of fused-ring (bicyclic) bond motifs is 1. The maximum Gasteiger partial charge on any atom is 0.222 e. The van der Waals surface area contributed by atoms with E-state index in [0.29, 0.717) is 22.7 Å². The summed E-state index contributed by atoms with van der Waals surface area (Å²) in [6, 6.07) is 5.35. The number of carbonyl (C=O) groups is 2. The highest BCUT2D eigenvalue weighted by Crippen LogP contribution is 2.25. The van der Waals surface area contributed by atoms with Crippen molar-refractivity contribution in [3.63, 3.8) is 0 Å². The number of pyridine rings is 2. The fraction of sp³-hybridized carbons (Fsp3) is 0.235. The topological polar surface area (TPSA) is 89.8 Å². The maximum atomic E-state index is 11.4. The Hall–Kier alpha value is -3.09. The number of hydrogen-bond donors (Lipinski definition) is 1. The number of anilines is 1. The Morgan fingerprint density at radius 2 is 2.08 bits per heavy atom. The number of nitrogens with one attached hydrogen (secondary N) is 1. The SMILES string of the molecule is CC(=O)Nc1ccc(-c2cc(C=O)c3cnn(C(C)C)c3n2)cn1. The highest BCUT2D eigenvalue weighted by Gasteiger charge is 2.14. The first-order valence-corrected chi connectivity index (χ1v) is 7.57. The average molecular weight is 323 g/mol. The number of rotatable bonds is 4. The van der Waals surface area contributed by atoms with Crippen molar-refractivity contribution in [3.8, 4) is 11.3 Å². The number of aldehydes is 1. The molecule has 0 spiro atoms. The van der Waals surface area contributed by atoms with Crippen molar-refractivity contribution in [2.24, 2.45) is 0 Å². The van der Waals surface area contributed by atoms with Crippen LogP contribution < -0.4 is 5.32 Å². The smallest absolute Gasteiger partial charge is 0.222 e. The van der Waals surface area contributed by atoms with Crippen LogP contribution in [0.25, 0.3) is 22.3 Å². The maximum absolute atomic E-state index is 11.4. The van der Waals surface area contributed by atoms with E-state index in [-0.39, 0.29) is 11.9 Å². The summed E-state index contributed by atoms with van der Waals surface area (Å²) in [6.45, 7) is 5.44. The van der Waals surface area contributed by atoms with Crippen LogP contribution in [-0.2, 0) is 4.79 Å². The molecule has 0 fully saturated rings. The molecule has 0 aliphatic rings. The van der Waals surface area contributed by atoms with Gasteiger partial charge in [-0.05, 0) is 32.0 Å².